The number of hydrogen-bond acceptors (Lipinski definition) is 5. The van der Waals surface area contributed by atoms with Crippen LogP contribution < -0.4 is 4.90 Å². The number of ether oxygens (including phenoxy) is 2. The monoisotopic (exact) mass is 294 g/mol. The molecule has 1 fully saturated rings. The summed E-state index contributed by atoms with van der Waals surface area (Å²) in [5.41, 5.74) is 1.23. The van der Waals surface area contributed by atoms with Crippen LogP contribution in [0.1, 0.15) is 12.0 Å². The summed E-state index contributed by atoms with van der Waals surface area (Å²) in [5, 5.41) is 9.71. The Kier molecular flexibility index (Phi) is 4.83. The zero-order chi connectivity index (χ0) is 14.5. The molecular formula is C14H15ClN2O3. The van der Waals surface area contributed by atoms with Gasteiger partial charge < -0.3 is 14.4 Å². The van der Waals surface area contributed by atoms with Crippen molar-refractivity contribution in [1.82, 2.24) is 0 Å². The number of methoxy groups -OCH3 is 1. The first-order valence-electron chi connectivity index (χ1n) is 6.27. The van der Waals surface area contributed by atoms with Crippen molar-refractivity contribution in [3.8, 4) is 6.07 Å². The minimum Gasteiger partial charge on any atom is -0.469 e. The lowest BCUT2D eigenvalue weighted by Crippen LogP contribution is -2.43. The standard InChI is InChI=1S/C14H15ClN2O3/c1-19-13(18)7-11-9-17(5-6-20-11)14-10(8-16)3-2-4-12(14)15/h2-4,11H,5-7,9H2,1H3. The molecule has 20 heavy (non-hydrogen) atoms. The minimum atomic E-state index is -0.309. The van der Waals surface area contributed by atoms with E-state index < -0.39 is 0 Å². The zero-order valence-electron chi connectivity index (χ0n) is 11.1. The van der Waals surface area contributed by atoms with Crippen molar-refractivity contribution in [3.05, 3.63) is 28.8 Å². The zero-order valence-corrected chi connectivity index (χ0v) is 11.9. The van der Waals surface area contributed by atoms with Crippen molar-refractivity contribution in [2.75, 3.05) is 31.7 Å². The molecule has 1 aliphatic heterocycles. The molecule has 1 atom stereocenters. The lowest BCUT2D eigenvalue weighted by atomic mass is 10.1. The molecule has 0 amide bonds. The Hall–Kier alpha value is -1.77. The van der Waals surface area contributed by atoms with Crippen LogP contribution in [0.15, 0.2) is 18.2 Å². The molecule has 2 rings (SSSR count). The van der Waals surface area contributed by atoms with E-state index in [1.54, 1.807) is 18.2 Å². The lowest BCUT2D eigenvalue weighted by molar-refractivity contribution is -0.144. The molecule has 1 aromatic rings. The van der Waals surface area contributed by atoms with Crippen LogP contribution in [0.4, 0.5) is 5.69 Å². The summed E-state index contributed by atoms with van der Waals surface area (Å²) < 4.78 is 10.2. The second-order valence-electron chi connectivity index (χ2n) is 4.47. The second-order valence-corrected chi connectivity index (χ2v) is 4.87. The Morgan fingerprint density at radius 3 is 3.15 bits per heavy atom. The van der Waals surface area contributed by atoms with E-state index in [2.05, 4.69) is 10.8 Å². The molecule has 0 bridgehead atoms. The van der Waals surface area contributed by atoms with Gasteiger partial charge in [0.05, 0.1) is 42.5 Å². The van der Waals surface area contributed by atoms with Crippen LogP contribution in [0, 0.1) is 11.3 Å². The first-order chi connectivity index (χ1) is 9.65. The molecule has 1 unspecified atom stereocenters. The molecule has 1 aromatic carbocycles. The first-order valence-corrected chi connectivity index (χ1v) is 6.65. The molecule has 1 heterocycles. The van der Waals surface area contributed by atoms with Crippen molar-refractivity contribution in [2.24, 2.45) is 0 Å². The van der Waals surface area contributed by atoms with E-state index in [-0.39, 0.29) is 18.5 Å². The summed E-state index contributed by atoms with van der Waals surface area (Å²) in [5.74, 6) is -0.309. The van der Waals surface area contributed by atoms with Gasteiger partial charge in [-0.15, -0.1) is 0 Å². The lowest BCUT2D eigenvalue weighted by Gasteiger charge is -2.35. The molecule has 1 aliphatic rings. The highest BCUT2D eigenvalue weighted by Gasteiger charge is 2.26. The Balaban J connectivity index is 2.17. The number of benzene rings is 1. The van der Waals surface area contributed by atoms with Crippen LogP contribution in [0.2, 0.25) is 5.02 Å². The molecule has 1 saturated heterocycles. The third-order valence-corrected chi connectivity index (χ3v) is 3.49. The van der Waals surface area contributed by atoms with Crippen LogP contribution in [-0.4, -0.2) is 38.9 Å². The van der Waals surface area contributed by atoms with Crippen LogP contribution in [0.25, 0.3) is 0 Å². The number of rotatable bonds is 3. The van der Waals surface area contributed by atoms with Crippen molar-refractivity contribution in [3.63, 3.8) is 0 Å². The van der Waals surface area contributed by atoms with Crippen LogP contribution in [0.3, 0.4) is 0 Å². The number of nitrogens with zero attached hydrogens (tertiary/aromatic N) is 2. The average Bonchev–Trinajstić information content (AvgIpc) is 2.47. The second kappa shape index (κ2) is 6.60. The van der Waals surface area contributed by atoms with E-state index in [1.165, 1.54) is 7.11 Å². The van der Waals surface area contributed by atoms with E-state index in [0.29, 0.717) is 36.0 Å². The number of carbonyl (C=O) groups excluding carboxylic acids is 1. The molecule has 0 aliphatic carbocycles. The van der Waals surface area contributed by atoms with E-state index in [4.69, 9.17) is 16.3 Å². The Labute approximate surface area is 122 Å². The minimum absolute atomic E-state index is 0.194. The Morgan fingerprint density at radius 1 is 1.65 bits per heavy atom. The molecule has 0 saturated carbocycles. The quantitative estimate of drug-likeness (QED) is 0.798. The molecule has 0 radical (unpaired) electrons. The van der Waals surface area contributed by atoms with E-state index >= 15 is 0 Å². The van der Waals surface area contributed by atoms with Crippen LogP contribution in [0.5, 0.6) is 0 Å². The van der Waals surface area contributed by atoms with Gasteiger partial charge in [0.25, 0.3) is 0 Å². The molecular weight excluding hydrogens is 280 g/mol. The number of para-hydroxylation sites is 1. The van der Waals surface area contributed by atoms with Gasteiger partial charge in [0.2, 0.25) is 0 Å². The first kappa shape index (κ1) is 14.6. The number of carbonyl (C=O) groups is 1. The summed E-state index contributed by atoms with van der Waals surface area (Å²) in [7, 11) is 1.35. The number of hydrogen-bond donors (Lipinski definition) is 0. The number of halogens is 1. The molecule has 6 heteroatoms. The van der Waals surface area contributed by atoms with Gasteiger partial charge in [-0.05, 0) is 12.1 Å². The topological polar surface area (TPSA) is 62.6 Å². The van der Waals surface area contributed by atoms with Gasteiger partial charge in [-0.25, -0.2) is 0 Å². The summed E-state index contributed by atoms with van der Waals surface area (Å²) >= 11 is 6.20. The van der Waals surface area contributed by atoms with E-state index in [1.807, 2.05) is 4.90 Å². The largest absolute Gasteiger partial charge is 0.469 e. The summed E-state index contributed by atoms with van der Waals surface area (Å²) in [6.07, 6.45) is -0.0571. The van der Waals surface area contributed by atoms with Gasteiger partial charge in [-0.2, -0.15) is 5.26 Å². The van der Waals surface area contributed by atoms with Gasteiger partial charge >= 0.3 is 5.97 Å². The highest BCUT2D eigenvalue weighted by Crippen LogP contribution is 2.31. The highest BCUT2D eigenvalue weighted by atomic mass is 35.5. The maximum atomic E-state index is 11.3. The molecule has 0 N–H and O–H groups in total. The van der Waals surface area contributed by atoms with Crippen molar-refractivity contribution in [2.45, 2.75) is 12.5 Å². The van der Waals surface area contributed by atoms with Gasteiger partial charge in [0.15, 0.2) is 0 Å². The molecule has 0 spiro atoms. The fourth-order valence-corrected chi connectivity index (χ4v) is 2.54. The van der Waals surface area contributed by atoms with Crippen molar-refractivity contribution in [1.29, 1.82) is 5.26 Å². The summed E-state index contributed by atoms with van der Waals surface area (Å²) in [6, 6.07) is 7.37. The smallest absolute Gasteiger partial charge is 0.308 e. The average molecular weight is 295 g/mol. The van der Waals surface area contributed by atoms with Gasteiger partial charge in [0, 0.05) is 13.1 Å². The normalized spacial score (nSPS) is 18.4. The molecule has 5 nitrogen and oxygen atoms in total. The third kappa shape index (κ3) is 3.21. The van der Waals surface area contributed by atoms with Crippen LogP contribution in [-0.2, 0) is 14.3 Å². The van der Waals surface area contributed by atoms with Crippen molar-refractivity contribution >= 4 is 23.3 Å². The highest BCUT2D eigenvalue weighted by molar-refractivity contribution is 6.33. The fourth-order valence-electron chi connectivity index (χ4n) is 2.24. The van der Waals surface area contributed by atoms with Crippen LogP contribution >= 0.6 is 11.6 Å². The van der Waals surface area contributed by atoms with Gasteiger partial charge in [-0.3, -0.25) is 4.79 Å². The summed E-state index contributed by atoms with van der Waals surface area (Å²) in [6.45, 7) is 1.63. The molecule has 106 valence electrons. The van der Waals surface area contributed by atoms with E-state index in [0.717, 1.165) is 0 Å². The maximum absolute atomic E-state index is 11.3. The Morgan fingerprint density at radius 2 is 2.45 bits per heavy atom. The van der Waals surface area contributed by atoms with Gasteiger partial charge in [0.1, 0.15) is 6.07 Å². The maximum Gasteiger partial charge on any atom is 0.308 e. The number of esters is 1. The fraction of sp³-hybridized carbons (Fsp3) is 0.429. The predicted molar refractivity (Wildman–Crippen MR) is 74.8 cm³/mol. The Bertz CT molecular complexity index is 542. The number of anilines is 1. The SMILES string of the molecule is COC(=O)CC1CN(c2c(Cl)cccc2C#N)CCO1. The predicted octanol–water partition coefficient (Wildman–Crippen LogP) is 1.98. The van der Waals surface area contributed by atoms with Crippen molar-refractivity contribution < 1.29 is 14.3 Å². The number of nitriles is 1. The van der Waals surface area contributed by atoms with Gasteiger partial charge in [-0.1, -0.05) is 17.7 Å². The van der Waals surface area contributed by atoms with E-state index in [9.17, 15) is 10.1 Å². The number of morpholine rings is 1. The molecule has 0 aromatic heterocycles. The summed E-state index contributed by atoms with van der Waals surface area (Å²) in [4.78, 5) is 13.3. The third-order valence-electron chi connectivity index (χ3n) is 3.18.